The zero-order valence-electron chi connectivity index (χ0n) is 22.0. The number of halogens is 5. The average molecular weight is 614 g/mol. The van der Waals surface area contributed by atoms with Gasteiger partial charge in [0.25, 0.3) is 11.8 Å². The van der Waals surface area contributed by atoms with Crippen molar-refractivity contribution >= 4 is 33.7 Å². The van der Waals surface area contributed by atoms with E-state index in [1.54, 1.807) is 0 Å². The number of nitriles is 1. The minimum Gasteiger partial charge on any atom is -0.494 e. The van der Waals surface area contributed by atoms with Gasteiger partial charge in [-0.3, -0.25) is 29.7 Å². The molecule has 1 unspecified atom stereocenters. The number of nitrogens with zero attached hydrogens (tertiary/aromatic N) is 6. The lowest BCUT2D eigenvalue weighted by Gasteiger charge is -2.41. The van der Waals surface area contributed by atoms with Gasteiger partial charge >= 0.3 is 10.2 Å². The maximum atomic E-state index is 14.1. The summed E-state index contributed by atoms with van der Waals surface area (Å²) in [6, 6.07) is 1.66. The molecule has 1 aliphatic heterocycles. The summed E-state index contributed by atoms with van der Waals surface area (Å²) in [5, 5.41) is 12.1. The second-order valence-electron chi connectivity index (χ2n) is 9.16. The van der Waals surface area contributed by atoms with Crippen molar-refractivity contribution in [2.45, 2.75) is 29.5 Å². The van der Waals surface area contributed by atoms with E-state index in [0.717, 1.165) is 9.80 Å². The van der Waals surface area contributed by atoms with E-state index >= 15 is 0 Å². The molecule has 3 atom stereocenters. The molecule has 42 heavy (non-hydrogen) atoms. The van der Waals surface area contributed by atoms with Crippen LogP contribution >= 0.6 is 10.2 Å². The highest BCUT2D eigenvalue weighted by Gasteiger charge is 2.65. The fourth-order valence-electron chi connectivity index (χ4n) is 4.36. The molecule has 1 saturated heterocycles. The number of aromatic nitrogens is 3. The van der Waals surface area contributed by atoms with E-state index in [9.17, 15) is 34.3 Å². The van der Waals surface area contributed by atoms with Gasteiger partial charge < -0.3 is 9.47 Å². The SMILES string of the molecule is COc1cnc(NC(=O)C(c2cccnc2)N(C(=O)[C@H]2C[C@@H](OC)CN2C#N)c2ccc(S(F)(F)(F)(F)F)cc2)nc1. The maximum Gasteiger partial charge on any atom is 0.310 e. The van der Waals surface area contributed by atoms with E-state index < -0.39 is 45.1 Å². The summed E-state index contributed by atoms with van der Waals surface area (Å²) in [6.07, 6.45) is 6.50. The largest absolute Gasteiger partial charge is 0.494 e. The number of anilines is 2. The van der Waals surface area contributed by atoms with Gasteiger partial charge in [0.2, 0.25) is 5.95 Å². The van der Waals surface area contributed by atoms with Gasteiger partial charge in [-0.1, -0.05) is 25.5 Å². The van der Waals surface area contributed by atoms with E-state index in [0.29, 0.717) is 12.1 Å². The van der Waals surface area contributed by atoms with Crippen LogP contribution in [0.15, 0.2) is 66.1 Å². The number of rotatable bonds is 9. The first-order valence-electron chi connectivity index (χ1n) is 12.1. The predicted molar refractivity (Wildman–Crippen MR) is 141 cm³/mol. The zero-order valence-corrected chi connectivity index (χ0v) is 22.9. The number of benzene rings is 1. The van der Waals surface area contributed by atoms with Crippen molar-refractivity contribution in [2.24, 2.45) is 0 Å². The Morgan fingerprint density at radius 3 is 2.29 bits per heavy atom. The van der Waals surface area contributed by atoms with Crippen molar-refractivity contribution in [3.8, 4) is 11.9 Å². The van der Waals surface area contributed by atoms with Crippen LogP contribution < -0.4 is 15.0 Å². The maximum absolute atomic E-state index is 14.1. The third-order valence-corrected chi connectivity index (χ3v) is 7.58. The van der Waals surface area contributed by atoms with E-state index in [-0.39, 0.29) is 48.0 Å². The Morgan fingerprint density at radius 1 is 1.10 bits per heavy atom. The van der Waals surface area contributed by atoms with Gasteiger partial charge in [-0.2, -0.15) is 5.26 Å². The Labute approximate surface area is 236 Å². The van der Waals surface area contributed by atoms with Crippen LogP contribution in [-0.4, -0.2) is 64.6 Å². The first-order valence-corrected chi connectivity index (χ1v) is 14.0. The standard InChI is InChI=1S/C25H24F5N7O4S/c1-40-18-10-21(36(14-18)15-31)24(39)37(17-5-7-20(8-6-17)42(26,27,28,29)30)22(16-4-3-9-32-11-16)23(38)35-25-33-12-19(41-2)13-34-25/h3-9,11-13,18,21-22H,10,14H2,1-2H3,(H,33,34,35,38)/t18-,21-,22?/m1/s1. The van der Waals surface area contributed by atoms with Gasteiger partial charge in [-0.25, -0.2) is 9.97 Å². The normalized spacial score (nSPS) is 19.1. The second kappa shape index (κ2) is 10.7. The van der Waals surface area contributed by atoms with Crippen molar-refractivity contribution in [1.29, 1.82) is 5.26 Å². The number of amides is 2. The van der Waals surface area contributed by atoms with Crippen molar-refractivity contribution in [3.05, 3.63) is 66.7 Å². The summed E-state index contributed by atoms with van der Waals surface area (Å²) < 4.78 is 77.7. The molecule has 2 amide bonds. The fourth-order valence-corrected chi connectivity index (χ4v) is 5.01. The first kappa shape index (κ1) is 30.4. The highest BCUT2D eigenvalue weighted by Crippen LogP contribution is 3.02. The molecule has 1 N–H and O–H groups in total. The molecule has 1 fully saturated rings. The molecule has 3 heterocycles. The molecule has 11 nitrogen and oxygen atoms in total. The number of likely N-dealkylation sites (tertiary alicyclic amines) is 1. The summed E-state index contributed by atoms with van der Waals surface area (Å²) in [4.78, 5) is 39.5. The number of hydrogen-bond donors (Lipinski definition) is 1. The first-order chi connectivity index (χ1) is 19.6. The lowest BCUT2D eigenvalue weighted by Crippen LogP contribution is -2.49. The van der Waals surface area contributed by atoms with Gasteiger partial charge in [0.05, 0.1) is 32.2 Å². The van der Waals surface area contributed by atoms with Crippen molar-refractivity contribution in [2.75, 3.05) is 31.0 Å². The summed E-state index contributed by atoms with van der Waals surface area (Å²) in [7, 11) is -7.30. The minimum absolute atomic E-state index is 0.00586. The van der Waals surface area contributed by atoms with Crippen LogP contribution in [0.1, 0.15) is 18.0 Å². The number of ether oxygens (including phenoxy) is 2. The number of hydrogen-bond acceptors (Lipinski definition) is 9. The third-order valence-electron chi connectivity index (χ3n) is 6.41. The molecular formula is C25H24F5N7O4S. The van der Waals surface area contributed by atoms with E-state index in [1.807, 2.05) is 6.19 Å². The molecule has 1 aliphatic rings. The Bertz CT molecular complexity index is 1490. The number of methoxy groups -OCH3 is 2. The van der Waals surface area contributed by atoms with Crippen molar-refractivity contribution in [3.63, 3.8) is 0 Å². The number of carbonyl (C=O) groups is 2. The van der Waals surface area contributed by atoms with E-state index in [2.05, 4.69) is 20.3 Å². The average Bonchev–Trinajstić information content (AvgIpc) is 3.39. The van der Waals surface area contributed by atoms with Crippen LogP contribution in [0.2, 0.25) is 0 Å². The number of carbonyl (C=O) groups excluding carboxylic acids is 2. The third kappa shape index (κ3) is 6.66. The lowest BCUT2D eigenvalue weighted by atomic mass is 10.0. The van der Waals surface area contributed by atoms with Gasteiger partial charge in [0.15, 0.2) is 11.9 Å². The monoisotopic (exact) mass is 613 g/mol. The second-order valence-corrected chi connectivity index (χ2v) is 11.6. The molecule has 1 aromatic carbocycles. The van der Waals surface area contributed by atoms with Gasteiger partial charge in [-0.05, 0) is 30.3 Å². The highest BCUT2D eigenvalue weighted by atomic mass is 32.5. The minimum atomic E-state index is -10.1. The lowest BCUT2D eigenvalue weighted by molar-refractivity contribution is -0.126. The summed E-state index contributed by atoms with van der Waals surface area (Å²) in [5.41, 5.74) is -0.220. The Morgan fingerprint density at radius 2 is 1.76 bits per heavy atom. The van der Waals surface area contributed by atoms with E-state index in [1.165, 1.54) is 51.1 Å². The molecule has 3 aromatic rings. The molecule has 0 saturated carbocycles. The van der Waals surface area contributed by atoms with Gasteiger partial charge in [-0.15, -0.1) is 0 Å². The quantitative estimate of drug-likeness (QED) is 0.266. The molecule has 0 aliphatic carbocycles. The molecule has 0 radical (unpaired) electrons. The van der Waals surface area contributed by atoms with Crippen LogP contribution in [0.25, 0.3) is 0 Å². The Balaban J connectivity index is 1.84. The van der Waals surface area contributed by atoms with Crippen molar-refractivity contribution in [1.82, 2.24) is 19.9 Å². The predicted octanol–water partition coefficient (Wildman–Crippen LogP) is 4.82. The molecule has 224 valence electrons. The van der Waals surface area contributed by atoms with Gasteiger partial charge in [0, 0.05) is 37.2 Å². The molecule has 0 spiro atoms. The topological polar surface area (TPSA) is 134 Å². The number of pyridine rings is 1. The van der Waals surface area contributed by atoms with Gasteiger partial charge in [0.1, 0.15) is 17.0 Å². The van der Waals surface area contributed by atoms with Crippen LogP contribution in [0.5, 0.6) is 5.75 Å². The van der Waals surface area contributed by atoms with Crippen LogP contribution in [0, 0.1) is 11.5 Å². The summed E-state index contributed by atoms with van der Waals surface area (Å²) in [6.45, 7) is 0.0316. The van der Waals surface area contributed by atoms with Crippen LogP contribution in [-0.2, 0) is 14.3 Å². The Kier molecular flexibility index (Phi) is 7.74. The molecule has 4 rings (SSSR count). The molecule has 0 bridgehead atoms. The van der Waals surface area contributed by atoms with E-state index in [4.69, 9.17) is 9.47 Å². The fraction of sp³-hybridized carbons (Fsp3) is 0.280. The van der Waals surface area contributed by atoms with Crippen LogP contribution in [0.3, 0.4) is 0 Å². The van der Waals surface area contributed by atoms with Crippen LogP contribution in [0.4, 0.5) is 31.1 Å². The van der Waals surface area contributed by atoms with Crippen molar-refractivity contribution < 1.29 is 38.5 Å². The molecule has 17 heteroatoms. The summed E-state index contributed by atoms with van der Waals surface area (Å²) >= 11 is 0. The summed E-state index contributed by atoms with van der Waals surface area (Å²) in [5.74, 6) is -1.71. The molecule has 2 aromatic heterocycles. The Hall–Kier alpha value is -4.56. The molecular weight excluding hydrogens is 589 g/mol. The zero-order chi connectivity index (χ0) is 30.8. The smallest absolute Gasteiger partial charge is 0.310 e. The number of nitrogens with one attached hydrogen (secondary N) is 1. The highest BCUT2D eigenvalue weighted by molar-refractivity contribution is 8.45.